The largest absolute Gasteiger partial charge is 0.264 e. The van der Waals surface area contributed by atoms with Crippen LogP contribution in [0.1, 0.15) is 25.0 Å². The lowest BCUT2D eigenvalue weighted by Gasteiger charge is -2.20. The third-order valence-electron chi connectivity index (χ3n) is 3.28. The van der Waals surface area contributed by atoms with E-state index in [1.807, 2.05) is 24.8 Å². The van der Waals surface area contributed by atoms with E-state index in [1.54, 1.807) is 0 Å². The normalized spacial score (nSPS) is 15.9. The van der Waals surface area contributed by atoms with Crippen LogP contribution in [0.4, 0.5) is 0 Å². The van der Waals surface area contributed by atoms with Crippen LogP contribution in [0.3, 0.4) is 0 Å². The Labute approximate surface area is 89.0 Å². The molecule has 2 heterocycles. The molecule has 0 N–H and O–H groups in total. The van der Waals surface area contributed by atoms with E-state index >= 15 is 0 Å². The minimum Gasteiger partial charge on any atom is -0.264 e. The highest BCUT2D eigenvalue weighted by Gasteiger charge is 2.35. The summed E-state index contributed by atoms with van der Waals surface area (Å²) >= 11 is 0. The molecule has 0 bridgehead atoms. The first kappa shape index (κ1) is 8.60. The summed E-state index contributed by atoms with van der Waals surface area (Å²) in [6, 6.07) is 4.18. The summed E-state index contributed by atoms with van der Waals surface area (Å²) in [5, 5.41) is 0. The lowest BCUT2D eigenvalue weighted by molar-refractivity contribution is 0.656. The van der Waals surface area contributed by atoms with Gasteiger partial charge in [-0.1, -0.05) is 13.8 Å². The fourth-order valence-corrected chi connectivity index (χ4v) is 2.43. The van der Waals surface area contributed by atoms with Gasteiger partial charge in [-0.25, -0.2) is 0 Å². The van der Waals surface area contributed by atoms with Gasteiger partial charge < -0.3 is 0 Å². The summed E-state index contributed by atoms with van der Waals surface area (Å²) in [4.78, 5) is 8.41. The molecule has 1 aliphatic rings. The molecule has 2 nitrogen and oxygen atoms in total. The molecule has 0 spiro atoms. The first-order valence-electron chi connectivity index (χ1n) is 5.10. The van der Waals surface area contributed by atoms with Gasteiger partial charge in [0.1, 0.15) is 0 Å². The zero-order valence-electron chi connectivity index (χ0n) is 8.86. The number of hydrogen-bond acceptors (Lipinski definition) is 2. The highest BCUT2D eigenvalue weighted by atomic mass is 14.7. The van der Waals surface area contributed by atoms with Crippen LogP contribution in [0.25, 0.3) is 11.1 Å². The third kappa shape index (κ3) is 0.990. The minimum absolute atomic E-state index is 0.0574. The van der Waals surface area contributed by atoms with E-state index in [0.717, 1.165) is 0 Å². The first-order valence-corrected chi connectivity index (χ1v) is 5.10. The minimum atomic E-state index is 0.0574. The lowest BCUT2D eigenvalue weighted by atomic mass is 9.83. The quantitative estimate of drug-likeness (QED) is 0.647. The molecule has 0 atom stereocenters. The van der Waals surface area contributed by atoms with Crippen molar-refractivity contribution in [3.63, 3.8) is 0 Å². The van der Waals surface area contributed by atoms with Crippen LogP contribution < -0.4 is 0 Å². The summed E-state index contributed by atoms with van der Waals surface area (Å²) in [6.07, 6.45) is 7.62. The molecule has 0 unspecified atom stereocenters. The van der Waals surface area contributed by atoms with Crippen LogP contribution in [0.2, 0.25) is 0 Å². The van der Waals surface area contributed by atoms with E-state index in [4.69, 9.17) is 0 Å². The Bertz CT molecular complexity index is 482. The predicted octanol–water partition coefficient (Wildman–Crippen LogP) is 2.78. The smallest absolute Gasteiger partial charge is 0.0349 e. The number of aromatic nitrogens is 2. The van der Waals surface area contributed by atoms with Gasteiger partial charge in [0.2, 0.25) is 0 Å². The molecule has 0 radical (unpaired) electrons. The first-order chi connectivity index (χ1) is 7.21. The Morgan fingerprint density at radius 3 is 2.47 bits per heavy atom. The Morgan fingerprint density at radius 1 is 0.867 bits per heavy atom. The van der Waals surface area contributed by atoms with Crippen molar-refractivity contribution < 1.29 is 0 Å². The van der Waals surface area contributed by atoms with Crippen molar-refractivity contribution in [2.45, 2.75) is 19.3 Å². The van der Waals surface area contributed by atoms with Crippen LogP contribution in [-0.4, -0.2) is 9.97 Å². The Kier molecular flexibility index (Phi) is 1.52. The fraction of sp³-hybridized carbons (Fsp3) is 0.231. The van der Waals surface area contributed by atoms with Crippen LogP contribution >= 0.6 is 0 Å². The molecule has 0 fully saturated rings. The fourth-order valence-electron chi connectivity index (χ4n) is 2.43. The average molecular weight is 196 g/mol. The van der Waals surface area contributed by atoms with Crippen molar-refractivity contribution in [2.24, 2.45) is 0 Å². The van der Waals surface area contributed by atoms with E-state index in [1.165, 1.54) is 22.3 Å². The standard InChI is InChI=1S/C13H12N2/c1-13(2)11-4-6-14-7-10(11)9-3-5-15-8-12(9)13/h3-8H,1-2H3. The molecule has 74 valence electrons. The summed E-state index contributed by atoms with van der Waals surface area (Å²) in [6.45, 7) is 4.47. The van der Waals surface area contributed by atoms with Crippen molar-refractivity contribution in [3.8, 4) is 11.1 Å². The molecule has 2 aromatic rings. The Morgan fingerprint density at radius 2 is 1.60 bits per heavy atom. The van der Waals surface area contributed by atoms with Gasteiger partial charge in [-0.15, -0.1) is 0 Å². The third-order valence-corrected chi connectivity index (χ3v) is 3.28. The molecule has 1 aliphatic carbocycles. The summed E-state index contributed by atoms with van der Waals surface area (Å²) in [7, 11) is 0. The molecule has 0 saturated carbocycles. The second-order valence-electron chi connectivity index (χ2n) is 4.47. The number of fused-ring (bicyclic) bond motifs is 3. The molecule has 0 aliphatic heterocycles. The van der Waals surface area contributed by atoms with Gasteiger partial charge in [-0.05, 0) is 28.8 Å². The summed E-state index contributed by atoms with van der Waals surface area (Å²) < 4.78 is 0. The van der Waals surface area contributed by atoms with Crippen molar-refractivity contribution in [1.29, 1.82) is 0 Å². The predicted molar refractivity (Wildman–Crippen MR) is 59.6 cm³/mol. The lowest BCUT2D eigenvalue weighted by Crippen LogP contribution is -2.15. The molecule has 15 heavy (non-hydrogen) atoms. The average Bonchev–Trinajstić information content (AvgIpc) is 2.51. The maximum Gasteiger partial charge on any atom is 0.0349 e. The van der Waals surface area contributed by atoms with Crippen LogP contribution in [0, 0.1) is 0 Å². The molecule has 2 heteroatoms. The zero-order chi connectivity index (χ0) is 10.5. The van der Waals surface area contributed by atoms with E-state index in [2.05, 4.69) is 35.9 Å². The van der Waals surface area contributed by atoms with Gasteiger partial charge in [-0.2, -0.15) is 0 Å². The number of hydrogen-bond donors (Lipinski definition) is 0. The van der Waals surface area contributed by atoms with Gasteiger partial charge in [-0.3, -0.25) is 9.97 Å². The SMILES string of the molecule is CC1(C)c2ccncc2-c2ccncc21. The van der Waals surface area contributed by atoms with E-state index in [9.17, 15) is 0 Å². The highest BCUT2D eigenvalue weighted by molar-refractivity contribution is 5.79. The van der Waals surface area contributed by atoms with Gasteiger partial charge in [0, 0.05) is 35.8 Å². The Hall–Kier alpha value is -1.70. The molecule has 3 rings (SSSR count). The molecule has 0 saturated heterocycles. The molecular weight excluding hydrogens is 184 g/mol. The van der Waals surface area contributed by atoms with Gasteiger partial charge in [0.05, 0.1) is 0 Å². The molecular formula is C13H12N2. The van der Waals surface area contributed by atoms with E-state index in [-0.39, 0.29) is 5.41 Å². The number of nitrogens with zero attached hydrogens (tertiary/aromatic N) is 2. The van der Waals surface area contributed by atoms with Gasteiger partial charge >= 0.3 is 0 Å². The molecule has 0 aromatic carbocycles. The molecule has 0 amide bonds. The molecule has 2 aromatic heterocycles. The monoisotopic (exact) mass is 196 g/mol. The maximum absolute atomic E-state index is 4.21. The summed E-state index contributed by atoms with van der Waals surface area (Å²) in [5.41, 5.74) is 5.23. The number of rotatable bonds is 0. The highest BCUT2D eigenvalue weighted by Crippen LogP contribution is 2.47. The second-order valence-corrected chi connectivity index (χ2v) is 4.47. The van der Waals surface area contributed by atoms with Crippen molar-refractivity contribution >= 4 is 0 Å². The summed E-state index contributed by atoms with van der Waals surface area (Å²) in [5.74, 6) is 0. The number of pyridine rings is 2. The van der Waals surface area contributed by atoms with Crippen molar-refractivity contribution in [1.82, 2.24) is 9.97 Å². The topological polar surface area (TPSA) is 25.8 Å². The van der Waals surface area contributed by atoms with Crippen LogP contribution in [0.15, 0.2) is 36.9 Å². The van der Waals surface area contributed by atoms with Crippen LogP contribution in [-0.2, 0) is 5.41 Å². The van der Waals surface area contributed by atoms with E-state index in [0.29, 0.717) is 0 Å². The van der Waals surface area contributed by atoms with Crippen molar-refractivity contribution in [2.75, 3.05) is 0 Å². The second kappa shape index (κ2) is 2.66. The van der Waals surface area contributed by atoms with Gasteiger partial charge in [0.25, 0.3) is 0 Å². The zero-order valence-corrected chi connectivity index (χ0v) is 8.86. The van der Waals surface area contributed by atoms with Crippen LogP contribution in [0.5, 0.6) is 0 Å². The Balaban J connectivity index is 2.42. The maximum atomic E-state index is 4.21. The van der Waals surface area contributed by atoms with Crippen molar-refractivity contribution in [3.05, 3.63) is 48.0 Å². The van der Waals surface area contributed by atoms with Gasteiger partial charge in [0.15, 0.2) is 0 Å². The van der Waals surface area contributed by atoms with E-state index < -0.39 is 0 Å².